The Kier molecular flexibility index (Phi) is 7.18. The monoisotopic (exact) mass is 359 g/mol. The minimum atomic E-state index is -0.980. The van der Waals surface area contributed by atoms with Crippen LogP contribution >= 0.6 is 0 Å². The van der Waals surface area contributed by atoms with Crippen LogP contribution in [0.15, 0.2) is 30.3 Å². The van der Waals surface area contributed by atoms with Crippen molar-refractivity contribution in [3.8, 4) is 0 Å². The van der Waals surface area contributed by atoms with Crippen LogP contribution in [-0.4, -0.2) is 35.8 Å². The Bertz CT molecular complexity index is 626. The molecule has 1 aliphatic rings. The molecule has 0 unspecified atom stereocenters. The van der Waals surface area contributed by atoms with Crippen LogP contribution in [0.25, 0.3) is 0 Å². The van der Waals surface area contributed by atoms with Crippen molar-refractivity contribution in [1.29, 1.82) is 0 Å². The molecule has 1 aliphatic carbocycles. The highest BCUT2D eigenvalue weighted by Crippen LogP contribution is 2.19. The number of hydrogen-bond donors (Lipinski definition) is 3. The van der Waals surface area contributed by atoms with E-state index in [9.17, 15) is 14.4 Å². The first-order valence-electron chi connectivity index (χ1n) is 9.40. The van der Waals surface area contributed by atoms with Crippen molar-refractivity contribution in [3.05, 3.63) is 35.9 Å². The second-order valence-electron chi connectivity index (χ2n) is 7.09. The lowest BCUT2D eigenvalue weighted by molar-refractivity contribution is -0.133. The average Bonchev–Trinajstić information content (AvgIpc) is 2.67. The van der Waals surface area contributed by atoms with E-state index >= 15 is 0 Å². The van der Waals surface area contributed by atoms with Gasteiger partial charge in [-0.15, -0.1) is 0 Å². The van der Waals surface area contributed by atoms with E-state index in [1.807, 2.05) is 13.0 Å². The molecule has 1 aromatic rings. The summed E-state index contributed by atoms with van der Waals surface area (Å²) < 4.78 is 0. The van der Waals surface area contributed by atoms with Gasteiger partial charge in [-0.3, -0.25) is 14.4 Å². The number of carbonyl (C=O) groups is 3. The molecular formula is C20H29N3O3. The van der Waals surface area contributed by atoms with Crippen LogP contribution in [0.4, 0.5) is 0 Å². The highest BCUT2D eigenvalue weighted by atomic mass is 16.2. The predicted octanol–water partition coefficient (Wildman–Crippen LogP) is 2.15. The molecule has 3 amide bonds. The highest BCUT2D eigenvalue weighted by Gasteiger charge is 2.34. The summed E-state index contributed by atoms with van der Waals surface area (Å²) >= 11 is 0. The summed E-state index contributed by atoms with van der Waals surface area (Å²) in [5.41, 5.74) is -0.486. The van der Waals surface area contributed by atoms with Crippen LogP contribution in [0.5, 0.6) is 0 Å². The maximum atomic E-state index is 12.6. The molecule has 0 radical (unpaired) electrons. The van der Waals surface area contributed by atoms with Gasteiger partial charge < -0.3 is 16.0 Å². The molecule has 6 heteroatoms. The van der Waals surface area contributed by atoms with Gasteiger partial charge in [0.2, 0.25) is 11.8 Å². The summed E-state index contributed by atoms with van der Waals surface area (Å²) in [5, 5.41) is 8.42. The molecule has 3 N–H and O–H groups in total. The molecule has 26 heavy (non-hydrogen) atoms. The summed E-state index contributed by atoms with van der Waals surface area (Å²) in [6, 6.07) is 8.90. The summed E-state index contributed by atoms with van der Waals surface area (Å²) in [4.78, 5) is 36.9. The van der Waals surface area contributed by atoms with E-state index in [0.717, 1.165) is 25.7 Å². The minimum absolute atomic E-state index is 0.158. The van der Waals surface area contributed by atoms with Crippen molar-refractivity contribution < 1.29 is 14.4 Å². The Hall–Kier alpha value is -2.37. The Morgan fingerprint density at radius 3 is 2.35 bits per heavy atom. The number of benzene rings is 1. The fourth-order valence-corrected chi connectivity index (χ4v) is 3.10. The fraction of sp³-hybridized carbons (Fsp3) is 0.550. The van der Waals surface area contributed by atoms with Crippen molar-refractivity contribution in [2.75, 3.05) is 6.54 Å². The van der Waals surface area contributed by atoms with Gasteiger partial charge in [0.05, 0.1) is 6.54 Å². The van der Waals surface area contributed by atoms with Crippen molar-refractivity contribution in [2.24, 2.45) is 0 Å². The van der Waals surface area contributed by atoms with E-state index in [0.29, 0.717) is 12.0 Å². The van der Waals surface area contributed by atoms with E-state index in [4.69, 9.17) is 0 Å². The molecular weight excluding hydrogens is 330 g/mol. The molecule has 0 aromatic heterocycles. The van der Waals surface area contributed by atoms with Crippen LogP contribution in [0, 0.1) is 0 Å². The molecule has 0 saturated heterocycles. The molecule has 1 aromatic carbocycles. The van der Waals surface area contributed by atoms with Gasteiger partial charge in [0.1, 0.15) is 5.54 Å². The summed E-state index contributed by atoms with van der Waals surface area (Å²) in [5.74, 6) is -0.849. The SMILES string of the molecule is CC[C@](C)(NC(=O)CNC(=O)c1ccccc1)C(=O)NC1CCCCC1. The van der Waals surface area contributed by atoms with Crippen LogP contribution in [-0.2, 0) is 9.59 Å². The lowest BCUT2D eigenvalue weighted by Crippen LogP contribution is -2.59. The van der Waals surface area contributed by atoms with Crippen LogP contribution in [0.1, 0.15) is 62.7 Å². The Morgan fingerprint density at radius 2 is 1.73 bits per heavy atom. The van der Waals surface area contributed by atoms with Crippen molar-refractivity contribution >= 4 is 17.7 Å². The lowest BCUT2D eigenvalue weighted by atomic mass is 9.92. The van der Waals surface area contributed by atoms with E-state index in [1.54, 1.807) is 31.2 Å². The first-order chi connectivity index (χ1) is 12.4. The van der Waals surface area contributed by atoms with E-state index in [-0.39, 0.29) is 30.3 Å². The minimum Gasteiger partial charge on any atom is -0.351 e. The van der Waals surface area contributed by atoms with Crippen LogP contribution < -0.4 is 16.0 Å². The number of rotatable bonds is 7. The molecule has 0 aliphatic heterocycles. The standard InChI is InChI=1S/C20H29N3O3/c1-3-20(2,19(26)22-16-12-8-5-9-13-16)23-17(24)14-21-18(25)15-10-6-4-7-11-15/h4,6-7,10-11,16H,3,5,8-9,12-14H2,1-2H3,(H,21,25)(H,22,26)(H,23,24)/t20-/m0/s1. The van der Waals surface area contributed by atoms with E-state index < -0.39 is 5.54 Å². The molecule has 0 spiro atoms. The Labute approximate surface area is 155 Å². The Balaban J connectivity index is 1.85. The first-order valence-corrected chi connectivity index (χ1v) is 9.40. The molecule has 0 bridgehead atoms. The first kappa shape index (κ1) is 19.9. The molecule has 2 rings (SSSR count). The number of hydrogen-bond acceptors (Lipinski definition) is 3. The fourth-order valence-electron chi connectivity index (χ4n) is 3.10. The number of carbonyl (C=O) groups excluding carboxylic acids is 3. The molecule has 6 nitrogen and oxygen atoms in total. The third kappa shape index (κ3) is 5.58. The van der Waals surface area contributed by atoms with Gasteiger partial charge in [0.25, 0.3) is 5.91 Å². The van der Waals surface area contributed by atoms with Crippen LogP contribution in [0.3, 0.4) is 0 Å². The number of nitrogens with one attached hydrogen (secondary N) is 3. The summed E-state index contributed by atoms with van der Waals surface area (Å²) in [6.45, 7) is 3.42. The second-order valence-corrected chi connectivity index (χ2v) is 7.09. The van der Waals surface area contributed by atoms with Gasteiger partial charge in [-0.05, 0) is 38.3 Å². The zero-order valence-corrected chi connectivity index (χ0v) is 15.6. The lowest BCUT2D eigenvalue weighted by Gasteiger charge is -2.32. The summed E-state index contributed by atoms with van der Waals surface area (Å²) in [6.07, 6.45) is 5.94. The summed E-state index contributed by atoms with van der Waals surface area (Å²) in [7, 11) is 0. The van der Waals surface area contributed by atoms with Gasteiger partial charge in [-0.25, -0.2) is 0 Å². The molecule has 1 saturated carbocycles. The van der Waals surface area contributed by atoms with Crippen LogP contribution in [0.2, 0.25) is 0 Å². The van der Waals surface area contributed by atoms with Crippen molar-refractivity contribution in [2.45, 2.75) is 64.0 Å². The average molecular weight is 359 g/mol. The third-order valence-corrected chi connectivity index (χ3v) is 5.01. The van der Waals surface area contributed by atoms with E-state index in [1.165, 1.54) is 6.42 Å². The highest BCUT2D eigenvalue weighted by molar-refractivity contribution is 5.97. The van der Waals surface area contributed by atoms with Gasteiger partial charge in [-0.1, -0.05) is 44.4 Å². The molecule has 1 fully saturated rings. The third-order valence-electron chi connectivity index (χ3n) is 5.01. The molecule has 1 atom stereocenters. The molecule has 142 valence electrons. The normalized spacial score (nSPS) is 17.0. The predicted molar refractivity (Wildman–Crippen MR) is 101 cm³/mol. The molecule has 0 heterocycles. The zero-order chi connectivity index (χ0) is 19.0. The van der Waals surface area contributed by atoms with Gasteiger partial charge in [-0.2, -0.15) is 0 Å². The maximum Gasteiger partial charge on any atom is 0.251 e. The van der Waals surface area contributed by atoms with E-state index in [2.05, 4.69) is 16.0 Å². The topological polar surface area (TPSA) is 87.3 Å². The largest absolute Gasteiger partial charge is 0.351 e. The second kappa shape index (κ2) is 9.36. The Morgan fingerprint density at radius 1 is 1.08 bits per heavy atom. The maximum absolute atomic E-state index is 12.6. The smallest absolute Gasteiger partial charge is 0.251 e. The van der Waals surface area contributed by atoms with Crippen molar-refractivity contribution in [3.63, 3.8) is 0 Å². The quantitative estimate of drug-likeness (QED) is 0.697. The zero-order valence-electron chi connectivity index (χ0n) is 15.6. The number of amides is 3. The van der Waals surface area contributed by atoms with Gasteiger partial charge in [0, 0.05) is 11.6 Å². The van der Waals surface area contributed by atoms with Crippen molar-refractivity contribution in [1.82, 2.24) is 16.0 Å². The van der Waals surface area contributed by atoms with Gasteiger partial charge in [0.15, 0.2) is 0 Å². The van der Waals surface area contributed by atoms with Gasteiger partial charge >= 0.3 is 0 Å².